The first kappa shape index (κ1) is 9.34. The van der Waals surface area contributed by atoms with Crippen LogP contribution in [0.1, 0.15) is 5.56 Å². The molecule has 1 aliphatic heterocycles. The monoisotopic (exact) mass is 206 g/mol. The summed E-state index contributed by atoms with van der Waals surface area (Å²) in [5.74, 6) is 0.468. The zero-order valence-electron chi connectivity index (χ0n) is 7.82. The molecule has 1 aromatic rings. The molecule has 2 rings (SSSR count). The van der Waals surface area contributed by atoms with Crippen LogP contribution >= 0.6 is 11.8 Å². The summed E-state index contributed by atoms with van der Waals surface area (Å²) in [5, 5.41) is 0. The molecule has 0 aliphatic carbocycles. The lowest BCUT2D eigenvalue weighted by Crippen LogP contribution is -2.09. The summed E-state index contributed by atoms with van der Waals surface area (Å²) in [5.41, 5.74) is 1.83. The van der Waals surface area contributed by atoms with Crippen LogP contribution in [-0.2, 0) is 9.53 Å². The van der Waals surface area contributed by atoms with Crippen LogP contribution in [-0.4, -0.2) is 18.8 Å². The number of thioether (sulfide) groups is 1. The highest BCUT2D eigenvalue weighted by Crippen LogP contribution is 2.31. The van der Waals surface area contributed by atoms with Crippen molar-refractivity contribution in [3.05, 3.63) is 35.4 Å². The first-order valence-corrected chi connectivity index (χ1v) is 5.30. The van der Waals surface area contributed by atoms with Crippen LogP contribution in [0.4, 0.5) is 0 Å². The molecule has 2 nitrogen and oxygen atoms in total. The number of methoxy groups -OCH3 is 1. The first-order chi connectivity index (χ1) is 6.81. The number of esters is 1. The molecular formula is C11H10O2S. The normalized spacial score (nSPS) is 14.2. The number of carbonyl (C=O) groups is 1. The molecule has 1 aliphatic rings. The van der Waals surface area contributed by atoms with E-state index >= 15 is 0 Å². The number of rotatable bonds is 1. The minimum atomic E-state index is -0.230. The van der Waals surface area contributed by atoms with Crippen molar-refractivity contribution >= 4 is 23.8 Å². The fourth-order valence-electron chi connectivity index (χ4n) is 1.37. The summed E-state index contributed by atoms with van der Waals surface area (Å²) in [7, 11) is 1.41. The minimum absolute atomic E-state index is 0.230. The quantitative estimate of drug-likeness (QED) is 0.660. The Balaban J connectivity index is 2.36. The van der Waals surface area contributed by atoms with E-state index in [-0.39, 0.29) is 5.97 Å². The molecule has 0 bridgehead atoms. The van der Waals surface area contributed by atoms with Crippen LogP contribution in [0.15, 0.2) is 34.7 Å². The molecule has 0 aromatic heterocycles. The second-order valence-electron chi connectivity index (χ2n) is 2.99. The maximum absolute atomic E-state index is 11.3. The molecular weight excluding hydrogens is 196 g/mol. The summed E-state index contributed by atoms with van der Waals surface area (Å²) in [6, 6.07) is 8.04. The minimum Gasteiger partial charge on any atom is -0.466 e. The Bertz CT molecular complexity index is 396. The van der Waals surface area contributed by atoms with Crippen LogP contribution < -0.4 is 0 Å². The second-order valence-corrected chi connectivity index (χ2v) is 4.00. The Morgan fingerprint density at radius 1 is 1.43 bits per heavy atom. The maximum Gasteiger partial charge on any atom is 0.334 e. The summed E-state index contributed by atoms with van der Waals surface area (Å²) in [6.07, 6.45) is 1.90. The van der Waals surface area contributed by atoms with E-state index in [9.17, 15) is 4.79 Å². The van der Waals surface area contributed by atoms with Gasteiger partial charge in [-0.3, -0.25) is 0 Å². The molecule has 3 heteroatoms. The van der Waals surface area contributed by atoms with Crippen molar-refractivity contribution in [3.8, 4) is 0 Å². The van der Waals surface area contributed by atoms with Gasteiger partial charge in [0.25, 0.3) is 0 Å². The smallest absolute Gasteiger partial charge is 0.334 e. The van der Waals surface area contributed by atoms with Crippen LogP contribution in [0.2, 0.25) is 0 Å². The molecule has 0 saturated heterocycles. The van der Waals surface area contributed by atoms with E-state index in [1.54, 1.807) is 11.8 Å². The topological polar surface area (TPSA) is 26.3 Å². The van der Waals surface area contributed by atoms with Gasteiger partial charge in [-0.2, -0.15) is 0 Å². The highest BCUT2D eigenvalue weighted by Gasteiger charge is 2.16. The largest absolute Gasteiger partial charge is 0.466 e. The zero-order valence-corrected chi connectivity index (χ0v) is 8.64. The SMILES string of the molecule is COC(=O)C1=Cc2ccccc2SC1. The van der Waals surface area contributed by atoms with E-state index in [0.29, 0.717) is 5.75 Å². The summed E-state index contributed by atoms with van der Waals surface area (Å²) in [4.78, 5) is 12.5. The molecule has 0 unspecified atom stereocenters. The lowest BCUT2D eigenvalue weighted by Gasteiger charge is -2.13. The maximum atomic E-state index is 11.3. The van der Waals surface area contributed by atoms with Crippen molar-refractivity contribution in [1.29, 1.82) is 0 Å². The predicted molar refractivity (Wildman–Crippen MR) is 57.2 cm³/mol. The van der Waals surface area contributed by atoms with Crippen molar-refractivity contribution in [2.45, 2.75) is 4.90 Å². The number of fused-ring (bicyclic) bond motifs is 1. The Labute approximate surface area is 87.0 Å². The van der Waals surface area contributed by atoms with Gasteiger partial charge in [-0.05, 0) is 17.7 Å². The van der Waals surface area contributed by atoms with Gasteiger partial charge in [0, 0.05) is 16.2 Å². The van der Waals surface area contributed by atoms with Crippen molar-refractivity contribution in [2.24, 2.45) is 0 Å². The molecule has 0 saturated carbocycles. The Hall–Kier alpha value is -1.22. The molecule has 0 atom stereocenters. The molecule has 1 heterocycles. The lowest BCUT2D eigenvalue weighted by molar-refractivity contribution is -0.135. The van der Waals surface area contributed by atoms with Crippen molar-refractivity contribution < 1.29 is 9.53 Å². The van der Waals surface area contributed by atoms with Gasteiger partial charge in [-0.25, -0.2) is 4.79 Å². The van der Waals surface area contributed by atoms with Crippen LogP contribution in [0.3, 0.4) is 0 Å². The van der Waals surface area contributed by atoms with Gasteiger partial charge in [0.15, 0.2) is 0 Å². The Morgan fingerprint density at radius 3 is 3.00 bits per heavy atom. The summed E-state index contributed by atoms with van der Waals surface area (Å²) >= 11 is 1.67. The van der Waals surface area contributed by atoms with E-state index in [4.69, 9.17) is 0 Å². The van der Waals surface area contributed by atoms with Gasteiger partial charge in [0.1, 0.15) is 0 Å². The highest BCUT2D eigenvalue weighted by molar-refractivity contribution is 7.99. The van der Waals surface area contributed by atoms with Crippen molar-refractivity contribution in [3.63, 3.8) is 0 Å². The third-order valence-corrected chi connectivity index (χ3v) is 3.22. The van der Waals surface area contributed by atoms with Gasteiger partial charge in [0.2, 0.25) is 0 Å². The number of hydrogen-bond acceptors (Lipinski definition) is 3. The van der Waals surface area contributed by atoms with E-state index in [0.717, 1.165) is 11.1 Å². The van der Waals surface area contributed by atoms with E-state index in [1.165, 1.54) is 12.0 Å². The number of benzene rings is 1. The molecule has 0 spiro atoms. The molecule has 0 radical (unpaired) electrons. The standard InChI is InChI=1S/C11H10O2S/c1-13-11(12)9-6-8-4-2-3-5-10(8)14-7-9/h2-6H,7H2,1H3. The first-order valence-electron chi connectivity index (χ1n) is 4.32. The Morgan fingerprint density at radius 2 is 2.21 bits per heavy atom. The van der Waals surface area contributed by atoms with Gasteiger partial charge in [-0.15, -0.1) is 11.8 Å². The fraction of sp³-hybridized carbons (Fsp3) is 0.182. The fourth-order valence-corrected chi connectivity index (χ4v) is 2.35. The van der Waals surface area contributed by atoms with Gasteiger partial charge >= 0.3 is 5.97 Å². The van der Waals surface area contributed by atoms with E-state index < -0.39 is 0 Å². The van der Waals surface area contributed by atoms with Crippen LogP contribution in [0, 0.1) is 0 Å². The van der Waals surface area contributed by atoms with Gasteiger partial charge in [0.05, 0.1) is 7.11 Å². The number of hydrogen-bond donors (Lipinski definition) is 0. The third-order valence-electron chi connectivity index (χ3n) is 2.08. The number of ether oxygens (including phenoxy) is 1. The van der Waals surface area contributed by atoms with Gasteiger partial charge in [-0.1, -0.05) is 18.2 Å². The van der Waals surface area contributed by atoms with E-state index in [2.05, 4.69) is 10.8 Å². The average Bonchev–Trinajstić information content (AvgIpc) is 2.27. The van der Waals surface area contributed by atoms with Crippen molar-refractivity contribution in [1.82, 2.24) is 0 Å². The summed E-state index contributed by atoms with van der Waals surface area (Å²) in [6.45, 7) is 0. The third kappa shape index (κ3) is 1.68. The number of carbonyl (C=O) groups excluding carboxylic acids is 1. The van der Waals surface area contributed by atoms with Crippen molar-refractivity contribution in [2.75, 3.05) is 12.9 Å². The predicted octanol–water partition coefficient (Wildman–Crippen LogP) is 2.35. The molecule has 14 heavy (non-hydrogen) atoms. The summed E-state index contributed by atoms with van der Waals surface area (Å²) < 4.78 is 4.68. The molecule has 0 fully saturated rings. The van der Waals surface area contributed by atoms with Crippen LogP contribution in [0.5, 0.6) is 0 Å². The molecule has 1 aromatic carbocycles. The highest BCUT2D eigenvalue weighted by atomic mass is 32.2. The van der Waals surface area contributed by atoms with E-state index in [1.807, 2.05) is 24.3 Å². The second kappa shape index (κ2) is 3.88. The Kier molecular flexibility index (Phi) is 2.59. The zero-order chi connectivity index (χ0) is 9.97. The molecule has 0 amide bonds. The molecule has 72 valence electrons. The van der Waals surface area contributed by atoms with Crippen LogP contribution in [0.25, 0.3) is 6.08 Å². The average molecular weight is 206 g/mol. The van der Waals surface area contributed by atoms with Gasteiger partial charge < -0.3 is 4.74 Å². The molecule has 0 N–H and O–H groups in total. The lowest BCUT2D eigenvalue weighted by atomic mass is 10.1.